The van der Waals surface area contributed by atoms with Crippen LogP contribution in [0.3, 0.4) is 0 Å². The third-order valence-electron chi connectivity index (χ3n) is 2.92. The van der Waals surface area contributed by atoms with Gasteiger partial charge in [-0.25, -0.2) is 4.99 Å². The Balaban J connectivity index is 0.00000242. The summed E-state index contributed by atoms with van der Waals surface area (Å²) in [6, 6.07) is 12.1. The van der Waals surface area contributed by atoms with Gasteiger partial charge in [0.15, 0.2) is 5.96 Å². The van der Waals surface area contributed by atoms with Crippen LogP contribution in [0.2, 0.25) is 0 Å². The molecule has 2 N–H and O–H groups in total. The second-order valence-electron chi connectivity index (χ2n) is 4.58. The number of benzene rings is 1. The average molecular weight is 478 g/mol. The smallest absolute Gasteiger partial charge is 0.191 e. The summed E-state index contributed by atoms with van der Waals surface area (Å²) in [5.41, 5.74) is 1.18. The van der Waals surface area contributed by atoms with Gasteiger partial charge in [-0.3, -0.25) is 0 Å². The molecule has 6 heteroatoms. The largest absolute Gasteiger partial charge is 0.469 e. The van der Waals surface area contributed by atoms with Crippen molar-refractivity contribution in [3.05, 3.63) is 58.5 Å². The highest BCUT2D eigenvalue weighted by Crippen LogP contribution is 2.11. The molecule has 4 nitrogen and oxygen atoms in total. The molecule has 0 aliphatic carbocycles. The van der Waals surface area contributed by atoms with Gasteiger partial charge in [-0.2, -0.15) is 0 Å². The van der Waals surface area contributed by atoms with Gasteiger partial charge >= 0.3 is 0 Å². The van der Waals surface area contributed by atoms with Gasteiger partial charge in [0.25, 0.3) is 0 Å². The lowest BCUT2D eigenvalue weighted by molar-refractivity contribution is 0.507. The second-order valence-corrected chi connectivity index (χ2v) is 5.49. The van der Waals surface area contributed by atoms with Crippen LogP contribution in [0, 0.1) is 0 Å². The van der Waals surface area contributed by atoms with Gasteiger partial charge in [0.1, 0.15) is 5.76 Å². The Morgan fingerprint density at radius 1 is 1.18 bits per heavy atom. The maximum Gasteiger partial charge on any atom is 0.191 e. The molecule has 1 aromatic carbocycles. The van der Waals surface area contributed by atoms with E-state index in [-0.39, 0.29) is 24.0 Å². The van der Waals surface area contributed by atoms with Crippen LogP contribution in [-0.2, 0) is 13.0 Å². The lowest BCUT2D eigenvalue weighted by Gasteiger charge is -2.10. The van der Waals surface area contributed by atoms with Crippen molar-refractivity contribution in [3.8, 4) is 0 Å². The van der Waals surface area contributed by atoms with Crippen molar-refractivity contribution in [1.82, 2.24) is 10.6 Å². The van der Waals surface area contributed by atoms with E-state index in [1.54, 1.807) is 6.26 Å². The minimum atomic E-state index is 0. The Bertz CT molecular complexity index is 555. The van der Waals surface area contributed by atoms with E-state index in [9.17, 15) is 0 Å². The molecule has 0 saturated heterocycles. The third kappa shape index (κ3) is 6.83. The third-order valence-corrected chi connectivity index (χ3v) is 3.45. The van der Waals surface area contributed by atoms with Gasteiger partial charge in [-0.05, 0) is 36.8 Å². The second kappa shape index (κ2) is 10.7. The normalized spacial score (nSPS) is 10.9. The molecule has 1 heterocycles. The van der Waals surface area contributed by atoms with Crippen LogP contribution in [0.25, 0.3) is 0 Å². The summed E-state index contributed by atoms with van der Waals surface area (Å²) >= 11 is 3.43. The van der Waals surface area contributed by atoms with E-state index in [1.807, 2.05) is 24.3 Å². The number of halogens is 2. The van der Waals surface area contributed by atoms with Crippen LogP contribution in [0.1, 0.15) is 18.2 Å². The molecule has 22 heavy (non-hydrogen) atoms. The molecular weight excluding hydrogens is 457 g/mol. The van der Waals surface area contributed by atoms with Crippen molar-refractivity contribution in [2.75, 3.05) is 13.1 Å². The maximum absolute atomic E-state index is 5.31. The molecule has 0 fully saturated rings. The predicted molar refractivity (Wildman–Crippen MR) is 105 cm³/mol. The SMILES string of the molecule is CCNC(=NCc1ccc(Br)cc1)NCCc1ccco1.I. The van der Waals surface area contributed by atoms with Crippen molar-refractivity contribution < 1.29 is 4.42 Å². The number of hydrogen-bond acceptors (Lipinski definition) is 2. The summed E-state index contributed by atoms with van der Waals surface area (Å²) < 4.78 is 6.39. The van der Waals surface area contributed by atoms with Crippen molar-refractivity contribution in [2.24, 2.45) is 4.99 Å². The molecule has 1 aromatic heterocycles. The molecule has 0 unspecified atom stereocenters. The molecule has 0 amide bonds. The van der Waals surface area contributed by atoms with Gasteiger partial charge in [0.05, 0.1) is 12.8 Å². The first-order valence-corrected chi connectivity index (χ1v) is 7.86. The minimum Gasteiger partial charge on any atom is -0.469 e. The van der Waals surface area contributed by atoms with Crippen LogP contribution in [-0.4, -0.2) is 19.0 Å². The number of aliphatic imine (C=N–C) groups is 1. The summed E-state index contributed by atoms with van der Waals surface area (Å²) in [4.78, 5) is 4.58. The summed E-state index contributed by atoms with van der Waals surface area (Å²) in [6.07, 6.45) is 2.54. The number of furan rings is 1. The molecule has 0 radical (unpaired) electrons. The van der Waals surface area contributed by atoms with Gasteiger partial charge in [-0.1, -0.05) is 28.1 Å². The standard InChI is InChI=1S/C16H20BrN3O.HI/c1-2-18-16(19-10-9-15-4-3-11-21-15)20-12-13-5-7-14(17)8-6-13;/h3-8,11H,2,9-10,12H2,1H3,(H2,18,19,20);1H. The fourth-order valence-corrected chi connectivity index (χ4v) is 2.13. The molecule has 0 bridgehead atoms. The van der Waals surface area contributed by atoms with E-state index in [0.29, 0.717) is 6.54 Å². The highest BCUT2D eigenvalue weighted by molar-refractivity contribution is 14.0. The van der Waals surface area contributed by atoms with Gasteiger partial charge in [0.2, 0.25) is 0 Å². The number of rotatable bonds is 6. The van der Waals surface area contributed by atoms with Crippen molar-refractivity contribution in [3.63, 3.8) is 0 Å². The Morgan fingerprint density at radius 2 is 1.95 bits per heavy atom. The van der Waals surface area contributed by atoms with Crippen molar-refractivity contribution in [2.45, 2.75) is 19.9 Å². The Kier molecular flexibility index (Phi) is 9.22. The quantitative estimate of drug-likeness (QED) is 0.376. The van der Waals surface area contributed by atoms with E-state index in [0.717, 1.165) is 35.7 Å². The molecule has 0 spiro atoms. The van der Waals surface area contributed by atoms with Crippen molar-refractivity contribution in [1.29, 1.82) is 0 Å². The fourth-order valence-electron chi connectivity index (χ4n) is 1.86. The highest BCUT2D eigenvalue weighted by Gasteiger charge is 1.99. The van der Waals surface area contributed by atoms with Gasteiger partial charge in [-0.15, -0.1) is 24.0 Å². The number of guanidine groups is 1. The highest BCUT2D eigenvalue weighted by atomic mass is 127. The molecule has 120 valence electrons. The average Bonchev–Trinajstić information content (AvgIpc) is 3.00. The van der Waals surface area contributed by atoms with Crippen LogP contribution < -0.4 is 10.6 Å². The predicted octanol–water partition coefficient (Wildman–Crippen LogP) is 3.96. The Morgan fingerprint density at radius 3 is 2.59 bits per heavy atom. The minimum absolute atomic E-state index is 0. The molecule has 0 aliphatic rings. The van der Waals surface area contributed by atoms with E-state index >= 15 is 0 Å². The van der Waals surface area contributed by atoms with Crippen molar-refractivity contribution >= 4 is 45.9 Å². The molecular formula is C16H21BrIN3O. The lowest BCUT2D eigenvalue weighted by Crippen LogP contribution is -2.38. The number of nitrogens with zero attached hydrogens (tertiary/aromatic N) is 1. The van der Waals surface area contributed by atoms with Crippen LogP contribution in [0.4, 0.5) is 0 Å². The monoisotopic (exact) mass is 477 g/mol. The first-order valence-electron chi connectivity index (χ1n) is 7.07. The zero-order chi connectivity index (χ0) is 14.9. The van der Waals surface area contributed by atoms with Crippen LogP contribution in [0.15, 0.2) is 56.5 Å². The van der Waals surface area contributed by atoms with E-state index in [4.69, 9.17) is 4.42 Å². The number of nitrogens with one attached hydrogen (secondary N) is 2. The first-order chi connectivity index (χ1) is 10.3. The maximum atomic E-state index is 5.31. The Hall–Kier alpha value is -1.02. The van der Waals surface area contributed by atoms with Crippen LogP contribution >= 0.6 is 39.9 Å². The van der Waals surface area contributed by atoms with Gasteiger partial charge < -0.3 is 15.1 Å². The summed E-state index contributed by atoms with van der Waals surface area (Å²) in [5, 5.41) is 6.55. The fraction of sp³-hybridized carbons (Fsp3) is 0.312. The topological polar surface area (TPSA) is 49.6 Å². The molecule has 0 aliphatic heterocycles. The van der Waals surface area contributed by atoms with Gasteiger partial charge in [0, 0.05) is 24.0 Å². The number of hydrogen-bond donors (Lipinski definition) is 2. The molecule has 2 aromatic rings. The summed E-state index contributed by atoms with van der Waals surface area (Å²) in [6.45, 7) is 4.35. The molecule has 0 atom stereocenters. The van der Waals surface area contributed by atoms with E-state index in [1.165, 1.54) is 5.56 Å². The summed E-state index contributed by atoms with van der Waals surface area (Å²) in [5.74, 6) is 1.80. The van der Waals surface area contributed by atoms with Crippen LogP contribution in [0.5, 0.6) is 0 Å². The van der Waals surface area contributed by atoms with E-state index in [2.05, 4.69) is 50.6 Å². The zero-order valence-corrected chi connectivity index (χ0v) is 16.4. The molecule has 2 rings (SSSR count). The first kappa shape index (κ1) is 19.0. The zero-order valence-electron chi connectivity index (χ0n) is 12.5. The van der Waals surface area contributed by atoms with E-state index < -0.39 is 0 Å². The Labute approximate surface area is 156 Å². The molecule has 0 saturated carbocycles. The lowest BCUT2D eigenvalue weighted by atomic mass is 10.2. The summed E-state index contributed by atoms with van der Waals surface area (Å²) in [7, 11) is 0.